The van der Waals surface area contributed by atoms with Crippen molar-refractivity contribution in [1.29, 1.82) is 0 Å². The van der Waals surface area contributed by atoms with Crippen LogP contribution >= 0.6 is 21.8 Å². The summed E-state index contributed by atoms with van der Waals surface area (Å²) in [6, 6.07) is 7.28. The van der Waals surface area contributed by atoms with E-state index < -0.39 is 10.0 Å². The van der Waals surface area contributed by atoms with Crippen LogP contribution in [0.15, 0.2) is 52.5 Å². The molecule has 1 unspecified atom stereocenters. The predicted molar refractivity (Wildman–Crippen MR) is 87.9 cm³/mol. The van der Waals surface area contributed by atoms with Gasteiger partial charge in [-0.25, -0.2) is 0 Å². The maximum absolute atomic E-state index is 9.46. The molecule has 0 saturated carbocycles. The molecule has 110 valence electrons. The van der Waals surface area contributed by atoms with Gasteiger partial charge in [0.15, 0.2) is 0 Å². The SMILES string of the molecule is COCS1(CCSc2ccc(O)cc2)C=CC(O)=CC1. The van der Waals surface area contributed by atoms with Crippen molar-refractivity contribution in [1.82, 2.24) is 0 Å². The molecule has 0 bridgehead atoms. The number of hydrogen-bond donors (Lipinski definition) is 2. The van der Waals surface area contributed by atoms with E-state index in [0.717, 1.165) is 28.1 Å². The van der Waals surface area contributed by atoms with E-state index in [-0.39, 0.29) is 0 Å². The minimum absolute atomic E-state index is 0.298. The van der Waals surface area contributed by atoms with Crippen LogP contribution in [-0.2, 0) is 4.74 Å². The number of allylic oxidation sites excluding steroid dienone is 1. The second kappa shape index (κ2) is 7.11. The molecule has 0 amide bonds. The summed E-state index contributed by atoms with van der Waals surface area (Å²) in [6.45, 7) is 0. The van der Waals surface area contributed by atoms with Crippen LogP contribution < -0.4 is 0 Å². The van der Waals surface area contributed by atoms with Crippen molar-refractivity contribution in [2.24, 2.45) is 0 Å². The number of hydrogen-bond acceptors (Lipinski definition) is 4. The summed E-state index contributed by atoms with van der Waals surface area (Å²) >= 11 is 1.79. The van der Waals surface area contributed by atoms with Gasteiger partial charge in [0.25, 0.3) is 0 Å². The van der Waals surface area contributed by atoms with Crippen LogP contribution in [0, 0.1) is 0 Å². The fraction of sp³-hybridized carbons (Fsp3) is 0.333. The number of methoxy groups -OCH3 is 1. The van der Waals surface area contributed by atoms with Gasteiger partial charge in [-0.15, -0.1) is 11.8 Å². The van der Waals surface area contributed by atoms with Crippen LogP contribution in [0.4, 0.5) is 0 Å². The maximum Gasteiger partial charge on any atom is 0.115 e. The van der Waals surface area contributed by atoms with E-state index in [2.05, 4.69) is 5.41 Å². The van der Waals surface area contributed by atoms with Crippen molar-refractivity contribution >= 4 is 21.8 Å². The van der Waals surface area contributed by atoms with Crippen molar-refractivity contribution in [2.45, 2.75) is 4.90 Å². The molecule has 2 rings (SSSR count). The largest absolute Gasteiger partial charge is 0.508 e. The number of aromatic hydroxyl groups is 1. The lowest BCUT2D eigenvalue weighted by molar-refractivity contribution is 0.256. The minimum atomic E-state index is -0.968. The molecule has 1 heterocycles. The second-order valence-corrected chi connectivity index (χ2v) is 9.31. The molecule has 0 saturated heterocycles. The van der Waals surface area contributed by atoms with E-state index in [1.165, 1.54) is 0 Å². The van der Waals surface area contributed by atoms with E-state index >= 15 is 0 Å². The standard InChI is InChI=1S/C15H20O3S2/c1-18-12-20(9-6-14(17)7-10-20)11-8-19-15-4-2-13(16)3-5-15/h2-7,9,16-17H,8,10-12H2,1H3. The van der Waals surface area contributed by atoms with Crippen molar-refractivity contribution < 1.29 is 14.9 Å². The van der Waals surface area contributed by atoms with Crippen LogP contribution in [0.5, 0.6) is 5.75 Å². The fourth-order valence-electron chi connectivity index (χ4n) is 1.99. The molecule has 5 heteroatoms. The first-order valence-corrected chi connectivity index (χ1v) is 9.57. The Morgan fingerprint density at radius 2 is 2.00 bits per heavy atom. The number of phenols is 1. The normalized spacial score (nSPS) is 24.9. The third kappa shape index (κ3) is 4.23. The Morgan fingerprint density at radius 3 is 2.60 bits per heavy atom. The van der Waals surface area contributed by atoms with E-state index in [4.69, 9.17) is 4.74 Å². The van der Waals surface area contributed by atoms with Crippen molar-refractivity contribution in [3.8, 4) is 5.75 Å². The van der Waals surface area contributed by atoms with E-state index in [1.807, 2.05) is 18.2 Å². The first kappa shape index (κ1) is 15.4. The Hall–Kier alpha value is -1.04. The minimum Gasteiger partial charge on any atom is -0.508 e. The summed E-state index contributed by atoms with van der Waals surface area (Å²) < 4.78 is 5.37. The zero-order chi connectivity index (χ0) is 14.4. The molecular formula is C15H20O3S2. The third-order valence-electron chi connectivity index (χ3n) is 3.10. The molecule has 0 aromatic heterocycles. The molecule has 0 radical (unpaired) electrons. The number of ether oxygens (including phenoxy) is 1. The Balaban J connectivity index is 1.90. The Morgan fingerprint density at radius 1 is 1.25 bits per heavy atom. The molecule has 0 aliphatic carbocycles. The molecule has 2 N–H and O–H groups in total. The molecule has 1 atom stereocenters. The molecule has 1 aliphatic rings. The Labute approximate surface area is 125 Å². The topological polar surface area (TPSA) is 49.7 Å². The fourth-order valence-corrected chi connectivity index (χ4v) is 6.32. The molecule has 3 nitrogen and oxygen atoms in total. The quantitative estimate of drug-likeness (QED) is 0.783. The van der Waals surface area contributed by atoms with Crippen molar-refractivity contribution in [3.05, 3.63) is 47.6 Å². The lowest BCUT2D eigenvalue weighted by Crippen LogP contribution is -2.15. The van der Waals surface area contributed by atoms with Gasteiger partial charge in [-0.1, -0.05) is 0 Å². The van der Waals surface area contributed by atoms with Crippen LogP contribution in [0.3, 0.4) is 0 Å². The smallest absolute Gasteiger partial charge is 0.115 e. The Kier molecular flexibility index (Phi) is 5.46. The van der Waals surface area contributed by atoms with Gasteiger partial charge in [0.05, 0.1) is 5.94 Å². The number of benzene rings is 1. The highest BCUT2D eigenvalue weighted by atomic mass is 32.3. The van der Waals surface area contributed by atoms with Crippen LogP contribution in [0.1, 0.15) is 0 Å². The molecule has 0 spiro atoms. The molecular weight excluding hydrogens is 292 g/mol. The van der Waals surface area contributed by atoms with E-state index in [0.29, 0.717) is 11.5 Å². The molecule has 1 aromatic rings. The van der Waals surface area contributed by atoms with Gasteiger partial charge in [-0.05, 0) is 47.6 Å². The van der Waals surface area contributed by atoms with Gasteiger partial charge in [-0.2, -0.15) is 10.0 Å². The van der Waals surface area contributed by atoms with Crippen LogP contribution in [-0.4, -0.2) is 40.5 Å². The molecule has 0 fully saturated rings. The highest BCUT2D eigenvalue weighted by Crippen LogP contribution is 2.52. The first-order chi connectivity index (χ1) is 9.63. The zero-order valence-electron chi connectivity index (χ0n) is 11.5. The summed E-state index contributed by atoms with van der Waals surface area (Å²) in [6.07, 6.45) is 3.68. The van der Waals surface area contributed by atoms with E-state index in [9.17, 15) is 10.2 Å². The number of rotatable bonds is 6. The number of aliphatic hydroxyl groups excluding tert-OH is 1. The number of phenolic OH excluding ortho intramolecular Hbond substituents is 1. The third-order valence-corrected chi connectivity index (χ3v) is 7.64. The molecule has 1 aliphatic heterocycles. The summed E-state index contributed by atoms with van der Waals surface area (Å²) in [5.41, 5.74) is 0. The van der Waals surface area contributed by atoms with Gasteiger partial charge in [0.2, 0.25) is 0 Å². The number of aliphatic hydroxyl groups is 1. The van der Waals surface area contributed by atoms with Crippen molar-refractivity contribution in [2.75, 3.05) is 30.3 Å². The average Bonchev–Trinajstić information content (AvgIpc) is 2.45. The second-order valence-electron chi connectivity index (χ2n) is 4.66. The van der Waals surface area contributed by atoms with Gasteiger partial charge >= 0.3 is 0 Å². The summed E-state index contributed by atoms with van der Waals surface area (Å²) in [5, 5.41) is 20.9. The molecule has 20 heavy (non-hydrogen) atoms. The maximum atomic E-state index is 9.46. The van der Waals surface area contributed by atoms with Crippen molar-refractivity contribution in [3.63, 3.8) is 0 Å². The van der Waals surface area contributed by atoms with Crippen LogP contribution in [0.25, 0.3) is 0 Å². The monoisotopic (exact) mass is 312 g/mol. The lowest BCUT2D eigenvalue weighted by Gasteiger charge is -2.36. The van der Waals surface area contributed by atoms with Crippen LogP contribution in [0.2, 0.25) is 0 Å². The molecule has 1 aromatic carbocycles. The van der Waals surface area contributed by atoms with E-state index in [1.54, 1.807) is 37.1 Å². The zero-order valence-corrected chi connectivity index (χ0v) is 13.1. The average molecular weight is 312 g/mol. The highest BCUT2D eigenvalue weighted by molar-refractivity contribution is 8.36. The predicted octanol–water partition coefficient (Wildman–Crippen LogP) is 3.86. The Bertz CT molecular complexity index is 496. The first-order valence-electron chi connectivity index (χ1n) is 6.38. The van der Waals surface area contributed by atoms with Gasteiger partial charge in [0, 0.05) is 23.5 Å². The van der Waals surface area contributed by atoms with Gasteiger partial charge in [-0.3, -0.25) is 0 Å². The summed E-state index contributed by atoms with van der Waals surface area (Å²) in [5.74, 6) is 4.35. The highest BCUT2D eigenvalue weighted by Gasteiger charge is 2.22. The van der Waals surface area contributed by atoms with Gasteiger partial charge in [0.1, 0.15) is 11.5 Å². The number of thioether (sulfide) groups is 1. The lowest BCUT2D eigenvalue weighted by atomic mass is 10.3. The summed E-state index contributed by atoms with van der Waals surface area (Å²) in [7, 11) is 0.762. The summed E-state index contributed by atoms with van der Waals surface area (Å²) in [4.78, 5) is 1.16. The van der Waals surface area contributed by atoms with Gasteiger partial charge < -0.3 is 14.9 Å².